The third kappa shape index (κ3) is 5.41. The van der Waals surface area contributed by atoms with Crippen LogP contribution in [0.4, 0.5) is 0 Å². The van der Waals surface area contributed by atoms with Crippen molar-refractivity contribution in [3.05, 3.63) is 65.2 Å². The summed E-state index contributed by atoms with van der Waals surface area (Å²) in [5.41, 5.74) is 3.98. The van der Waals surface area contributed by atoms with Crippen molar-refractivity contribution in [2.45, 2.75) is 26.3 Å². The molecule has 0 aliphatic heterocycles. The molecule has 0 radical (unpaired) electrons. The van der Waals surface area contributed by atoms with Crippen molar-refractivity contribution in [2.24, 2.45) is 0 Å². The third-order valence-corrected chi connectivity index (χ3v) is 3.52. The minimum Gasteiger partial charge on any atom is -1.00 e. The molecule has 21 heavy (non-hydrogen) atoms. The van der Waals surface area contributed by atoms with E-state index in [0.29, 0.717) is 0 Å². The molecule has 0 spiro atoms. The monoisotopic (exact) mass is 304 g/mol. The maximum Gasteiger partial charge on any atom is 0.122 e. The van der Waals surface area contributed by atoms with E-state index in [1.807, 2.05) is 12.1 Å². The number of benzene rings is 2. The molecule has 0 saturated carbocycles. The Kier molecular flexibility index (Phi) is 7.88. The highest BCUT2D eigenvalue weighted by molar-refractivity contribution is 5.33. The van der Waals surface area contributed by atoms with Crippen LogP contribution in [-0.2, 0) is 19.4 Å². The highest BCUT2D eigenvalue weighted by Gasteiger charge is 2.00. The standard InChI is InChI=1S/C18H23NO.ClH/c1-3-15-8-10-16(11-9-15)14-19-13-12-17-6-4-5-7-18(17)20-2;/h4-11,19H,3,12-14H2,1-2H3;1H/p-1. The summed E-state index contributed by atoms with van der Waals surface area (Å²) in [6.07, 6.45) is 2.08. The molecule has 0 saturated heterocycles. The summed E-state index contributed by atoms with van der Waals surface area (Å²) in [4.78, 5) is 0. The van der Waals surface area contributed by atoms with Gasteiger partial charge in [0.1, 0.15) is 5.75 Å². The average molecular weight is 305 g/mol. The van der Waals surface area contributed by atoms with Crippen LogP contribution in [0.2, 0.25) is 0 Å². The van der Waals surface area contributed by atoms with Gasteiger partial charge in [0.2, 0.25) is 0 Å². The van der Waals surface area contributed by atoms with E-state index in [4.69, 9.17) is 4.74 Å². The zero-order valence-electron chi connectivity index (χ0n) is 12.7. The molecule has 0 aliphatic rings. The van der Waals surface area contributed by atoms with Crippen LogP contribution in [0.5, 0.6) is 5.75 Å². The van der Waals surface area contributed by atoms with E-state index in [2.05, 4.69) is 48.6 Å². The minimum atomic E-state index is 0. The van der Waals surface area contributed by atoms with Gasteiger partial charge < -0.3 is 22.5 Å². The summed E-state index contributed by atoms with van der Waals surface area (Å²) in [6, 6.07) is 17.0. The van der Waals surface area contributed by atoms with Crippen molar-refractivity contribution in [3.8, 4) is 5.75 Å². The van der Waals surface area contributed by atoms with Crippen LogP contribution in [0.25, 0.3) is 0 Å². The number of halogens is 1. The summed E-state index contributed by atoms with van der Waals surface area (Å²) in [6.45, 7) is 4.05. The van der Waals surface area contributed by atoms with Gasteiger partial charge in [-0.2, -0.15) is 0 Å². The molecule has 0 atom stereocenters. The third-order valence-electron chi connectivity index (χ3n) is 3.52. The van der Waals surface area contributed by atoms with Crippen molar-refractivity contribution in [3.63, 3.8) is 0 Å². The normalized spacial score (nSPS) is 10.0. The van der Waals surface area contributed by atoms with Gasteiger partial charge in [0.15, 0.2) is 0 Å². The van der Waals surface area contributed by atoms with Crippen LogP contribution in [0.1, 0.15) is 23.6 Å². The maximum absolute atomic E-state index is 5.36. The van der Waals surface area contributed by atoms with Crippen LogP contribution in [0, 0.1) is 0 Å². The molecule has 2 aromatic carbocycles. The van der Waals surface area contributed by atoms with Gasteiger partial charge in [-0.1, -0.05) is 49.4 Å². The molecule has 0 aromatic heterocycles. The molecule has 2 nitrogen and oxygen atoms in total. The second kappa shape index (κ2) is 9.43. The lowest BCUT2D eigenvalue weighted by atomic mass is 10.1. The zero-order valence-corrected chi connectivity index (χ0v) is 13.5. The van der Waals surface area contributed by atoms with E-state index in [-0.39, 0.29) is 12.4 Å². The Labute approximate surface area is 133 Å². The first-order valence-electron chi connectivity index (χ1n) is 7.24. The molecule has 3 heteroatoms. The number of para-hydroxylation sites is 1. The minimum absolute atomic E-state index is 0. The Morgan fingerprint density at radius 3 is 2.29 bits per heavy atom. The Morgan fingerprint density at radius 1 is 0.952 bits per heavy atom. The Balaban J connectivity index is 0.00000220. The van der Waals surface area contributed by atoms with E-state index in [1.54, 1.807) is 7.11 Å². The Bertz CT molecular complexity index is 525. The fourth-order valence-corrected chi connectivity index (χ4v) is 2.26. The van der Waals surface area contributed by atoms with Gasteiger partial charge in [-0.25, -0.2) is 0 Å². The van der Waals surface area contributed by atoms with Crippen LogP contribution in [-0.4, -0.2) is 13.7 Å². The summed E-state index contributed by atoms with van der Waals surface area (Å²) < 4.78 is 5.36. The van der Waals surface area contributed by atoms with Gasteiger partial charge in [0.05, 0.1) is 7.11 Å². The highest BCUT2D eigenvalue weighted by Crippen LogP contribution is 2.17. The maximum atomic E-state index is 5.36. The van der Waals surface area contributed by atoms with Crippen LogP contribution in [0.3, 0.4) is 0 Å². The van der Waals surface area contributed by atoms with E-state index in [0.717, 1.165) is 31.7 Å². The second-order valence-corrected chi connectivity index (χ2v) is 4.91. The second-order valence-electron chi connectivity index (χ2n) is 4.91. The quantitative estimate of drug-likeness (QED) is 0.756. The molecule has 0 aliphatic carbocycles. The first kappa shape index (κ1) is 17.5. The first-order valence-corrected chi connectivity index (χ1v) is 7.24. The van der Waals surface area contributed by atoms with Gasteiger partial charge in [-0.05, 0) is 42.1 Å². The topological polar surface area (TPSA) is 21.3 Å². The number of hydrogen-bond acceptors (Lipinski definition) is 2. The molecule has 0 heterocycles. The van der Waals surface area contributed by atoms with Crippen molar-refractivity contribution < 1.29 is 17.1 Å². The summed E-state index contributed by atoms with van der Waals surface area (Å²) in [5, 5.41) is 3.48. The molecule has 0 amide bonds. The largest absolute Gasteiger partial charge is 1.00 e. The highest BCUT2D eigenvalue weighted by atomic mass is 35.5. The van der Waals surface area contributed by atoms with Gasteiger partial charge in [0, 0.05) is 6.54 Å². The van der Waals surface area contributed by atoms with Crippen LogP contribution < -0.4 is 22.5 Å². The molecule has 0 bridgehead atoms. The van der Waals surface area contributed by atoms with Crippen LogP contribution >= 0.6 is 0 Å². The van der Waals surface area contributed by atoms with Gasteiger partial charge in [-0.3, -0.25) is 0 Å². The Hall–Kier alpha value is -1.51. The fraction of sp³-hybridized carbons (Fsp3) is 0.333. The predicted molar refractivity (Wildman–Crippen MR) is 84.2 cm³/mol. The molecular formula is C18H23ClNO-. The van der Waals surface area contributed by atoms with Crippen molar-refractivity contribution in [1.82, 2.24) is 5.32 Å². The van der Waals surface area contributed by atoms with E-state index < -0.39 is 0 Å². The summed E-state index contributed by atoms with van der Waals surface area (Å²) in [7, 11) is 1.72. The number of aryl methyl sites for hydroxylation is 1. The zero-order chi connectivity index (χ0) is 14.2. The lowest BCUT2D eigenvalue weighted by Crippen LogP contribution is -3.00. The molecule has 2 rings (SSSR count). The number of nitrogens with one attached hydrogen (secondary N) is 1. The number of ether oxygens (including phenoxy) is 1. The average Bonchev–Trinajstić information content (AvgIpc) is 2.52. The number of rotatable bonds is 7. The SMILES string of the molecule is CCc1ccc(CNCCc2ccccc2OC)cc1.[Cl-]. The lowest BCUT2D eigenvalue weighted by molar-refractivity contribution is -0.00000445. The molecular weight excluding hydrogens is 282 g/mol. The van der Waals surface area contributed by atoms with Crippen molar-refractivity contribution in [1.29, 1.82) is 0 Å². The molecule has 1 N–H and O–H groups in total. The predicted octanol–water partition coefficient (Wildman–Crippen LogP) is 0.594. The van der Waals surface area contributed by atoms with E-state index in [1.165, 1.54) is 16.7 Å². The lowest BCUT2D eigenvalue weighted by Gasteiger charge is -2.09. The van der Waals surface area contributed by atoms with Gasteiger partial charge >= 0.3 is 0 Å². The van der Waals surface area contributed by atoms with Gasteiger partial charge in [0.25, 0.3) is 0 Å². The van der Waals surface area contributed by atoms with Crippen molar-refractivity contribution in [2.75, 3.05) is 13.7 Å². The smallest absolute Gasteiger partial charge is 0.122 e. The number of methoxy groups -OCH3 is 1. The van der Waals surface area contributed by atoms with Crippen LogP contribution in [0.15, 0.2) is 48.5 Å². The van der Waals surface area contributed by atoms with E-state index in [9.17, 15) is 0 Å². The van der Waals surface area contributed by atoms with E-state index >= 15 is 0 Å². The van der Waals surface area contributed by atoms with Gasteiger partial charge in [-0.15, -0.1) is 0 Å². The fourth-order valence-electron chi connectivity index (χ4n) is 2.26. The summed E-state index contributed by atoms with van der Waals surface area (Å²) >= 11 is 0. The molecule has 0 unspecified atom stereocenters. The molecule has 114 valence electrons. The molecule has 0 fully saturated rings. The Morgan fingerprint density at radius 2 is 1.62 bits per heavy atom. The summed E-state index contributed by atoms with van der Waals surface area (Å²) in [5.74, 6) is 0.974. The molecule has 2 aromatic rings. The van der Waals surface area contributed by atoms with Crippen molar-refractivity contribution >= 4 is 0 Å². The first-order chi connectivity index (χ1) is 9.83. The number of hydrogen-bond donors (Lipinski definition) is 1.